The van der Waals surface area contributed by atoms with Crippen molar-refractivity contribution in [1.29, 1.82) is 0 Å². The molecule has 7 nitrogen and oxygen atoms in total. The van der Waals surface area contributed by atoms with Crippen molar-refractivity contribution < 1.29 is 9.53 Å². The molecule has 0 aliphatic heterocycles. The number of H-pyrrole nitrogens is 2. The number of hydrogen-bond donors (Lipinski definition) is 2. The number of carbonyl (C=O) groups excluding carboxylic acids is 1. The van der Waals surface area contributed by atoms with Crippen LogP contribution in [0.25, 0.3) is 0 Å². The lowest BCUT2D eigenvalue weighted by atomic mass is 10.6. The summed E-state index contributed by atoms with van der Waals surface area (Å²) in [5.74, 6) is -0.651. The first kappa shape index (κ1) is 8.31. The highest BCUT2D eigenvalue weighted by atomic mass is 16.5. The zero-order valence-electron chi connectivity index (χ0n) is 6.29. The van der Waals surface area contributed by atoms with Crippen LogP contribution in [-0.4, -0.2) is 27.8 Å². The highest BCUT2D eigenvalue weighted by Crippen LogP contribution is 1.75. The standard InChI is InChI=1S/C5H7N3O4/c1-12-3(9)2-8-4(10)6-7-5(8)11/h2H2,1H3,(H,6,10)(H,7,11). The third kappa shape index (κ3) is 1.44. The zero-order chi connectivity index (χ0) is 9.14. The summed E-state index contributed by atoms with van der Waals surface area (Å²) in [4.78, 5) is 32.2. The summed E-state index contributed by atoms with van der Waals surface area (Å²) >= 11 is 0. The molecule has 0 atom stereocenters. The molecular weight excluding hydrogens is 166 g/mol. The maximum absolute atomic E-state index is 10.8. The van der Waals surface area contributed by atoms with Gasteiger partial charge in [-0.1, -0.05) is 0 Å². The van der Waals surface area contributed by atoms with E-state index in [1.165, 1.54) is 7.11 Å². The first-order valence-corrected chi connectivity index (χ1v) is 3.09. The smallest absolute Gasteiger partial charge is 0.344 e. The quantitative estimate of drug-likeness (QED) is 0.507. The summed E-state index contributed by atoms with van der Waals surface area (Å²) in [5, 5.41) is 4.06. The molecule has 0 radical (unpaired) electrons. The highest BCUT2D eigenvalue weighted by Gasteiger charge is 2.07. The van der Waals surface area contributed by atoms with Gasteiger partial charge in [-0.3, -0.25) is 4.79 Å². The van der Waals surface area contributed by atoms with Crippen LogP contribution in [0.1, 0.15) is 0 Å². The maximum atomic E-state index is 10.8. The van der Waals surface area contributed by atoms with Gasteiger partial charge in [0.15, 0.2) is 0 Å². The Labute approximate surface area is 66.0 Å². The molecule has 0 aliphatic rings. The minimum absolute atomic E-state index is 0.381. The molecule has 1 aromatic heterocycles. The molecular formula is C5H7N3O4. The van der Waals surface area contributed by atoms with E-state index in [2.05, 4.69) is 4.74 Å². The van der Waals surface area contributed by atoms with E-state index in [4.69, 9.17) is 0 Å². The van der Waals surface area contributed by atoms with Crippen molar-refractivity contribution >= 4 is 5.97 Å². The molecule has 0 spiro atoms. The zero-order valence-corrected chi connectivity index (χ0v) is 6.29. The molecule has 0 aliphatic carbocycles. The Hall–Kier alpha value is -1.79. The third-order valence-corrected chi connectivity index (χ3v) is 1.28. The van der Waals surface area contributed by atoms with Gasteiger partial charge in [-0.2, -0.15) is 0 Å². The van der Waals surface area contributed by atoms with E-state index in [0.717, 1.165) is 0 Å². The maximum Gasteiger partial charge on any atom is 0.344 e. The monoisotopic (exact) mass is 173 g/mol. The van der Waals surface area contributed by atoms with Gasteiger partial charge in [-0.25, -0.2) is 24.4 Å². The van der Waals surface area contributed by atoms with Gasteiger partial charge in [0.1, 0.15) is 6.54 Å². The van der Waals surface area contributed by atoms with E-state index in [9.17, 15) is 14.4 Å². The Kier molecular flexibility index (Phi) is 2.13. The van der Waals surface area contributed by atoms with Crippen LogP contribution in [0, 0.1) is 0 Å². The van der Waals surface area contributed by atoms with Crippen molar-refractivity contribution in [2.45, 2.75) is 6.54 Å². The lowest BCUT2D eigenvalue weighted by Crippen LogP contribution is -2.30. The molecule has 1 heterocycles. The summed E-state index contributed by atoms with van der Waals surface area (Å²) in [6.45, 7) is -0.381. The molecule has 0 fully saturated rings. The van der Waals surface area contributed by atoms with Crippen LogP contribution in [0.2, 0.25) is 0 Å². The van der Waals surface area contributed by atoms with E-state index >= 15 is 0 Å². The fourth-order valence-electron chi connectivity index (χ4n) is 0.671. The first-order valence-electron chi connectivity index (χ1n) is 3.09. The van der Waals surface area contributed by atoms with Gasteiger partial charge in [0.05, 0.1) is 7.11 Å². The van der Waals surface area contributed by atoms with Crippen molar-refractivity contribution in [3.8, 4) is 0 Å². The second-order valence-electron chi connectivity index (χ2n) is 2.02. The van der Waals surface area contributed by atoms with Crippen molar-refractivity contribution in [1.82, 2.24) is 14.8 Å². The number of hydrogen-bond acceptors (Lipinski definition) is 4. The van der Waals surface area contributed by atoms with Crippen molar-refractivity contribution in [2.24, 2.45) is 0 Å². The normalized spacial score (nSPS) is 9.75. The van der Waals surface area contributed by atoms with Crippen LogP contribution in [0.5, 0.6) is 0 Å². The molecule has 0 amide bonds. The van der Waals surface area contributed by atoms with Crippen molar-refractivity contribution in [3.63, 3.8) is 0 Å². The topological polar surface area (TPSA) is 96.9 Å². The molecule has 2 N–H and O–H groups in total. The Morgan fingerprint density at radius 3 is 2.33 bits per heavy atom. The molecule has 66 valence electrons. The summed E-state index contributed by atoms with van der Waals surface area (Å²) < 4.78 is 4.97. The number of methoxy groups -OCH3 is 1. The minimum Gasteiger partial charge on any atom is -0.468 e. The Morgan fingerprint density at radius 2 is 1.92 bits per heavy atom. The van der Waals surface area contributed by atoms with Gasteiger partial charge >= 0.3 is 17.3 Å². The van der Waals surface area contributed by atoms with Crippen molar-refractivity contribution in [2.75, 3.05) is 7.11 Å². The lowest BCUT2D eigenvalue weighted by molar-refractivity contribution is -0.141. The molecule has 12 heavy (non-hydrogen) atoms. The van der Waals surface area contributed by atoms with Crippen LogP contribution in [0.4, 0.5) is 0 Å². The minimum atomic E-state index is -0.662. The number of rotatable bonds is 2. The average Bonchev–Trinajstić information content (AvgIpc) is 2.35. The van der Waals surface area contributed by atoms with E-state index in [-0.39, 0.29) is 6.54 Å². The third-order valence-electron chi connectivity index (χ3n) is 1.28. The number of carbonyl (C=O) groups is 1. The molecule has 0 unspecified atom stereocenters. The van der Waals surface area contributed by atoms with Crippen LogP contribution in [0.15, 0.2) is 9.59 Å². The van der Waals surface area contributed by atoms with Gasteiger partial charge in [0.2, 0.25) is 0 Å². The van der Waals surface area contributed by atoms with E-state index in [1.54, 1.807) is 0 Å². The number of esters is 1. The second-order valence-corrected chi connectivity index (χ2v) is 2.02. The average molecular weight is 173 g/mol. The Balaban J connectivity index is 2.96. The van der Waals surface area contributed by atoms with Crippen molar-refractivity contribution in [3.05, 3.63) is 21.0 Å². The Morgan fingerprint density at radius 1 is 1.42 bits per heavy atom. The van der Waals surface area contributed by atoms with Gasteiger partial charge in [-0.05, 0) is 0 Å². The van der Waals surface area contributed by atoms with E-state index in [0.29, 0.717) is 4.57 Å². The molecule has 0 saturated heterocycles. The number of nitrogens with zero attached hydrogens (tertiary/aromatic N) is 1. The van der Waals surface area contributed by atoms with Crippen LogP contribution < -0.4 is 11.4 Å². The SMILES string of the molecule is COC(=O)Cn1c(=O)[nH][nH]c1=O. The van der Waals surface area contributed by atoms with Crippen LogP contribution in [0.3, 0.4) is 0 Å². The van der Waals surface area contributed by atoms with Gasteiger partial charge in [0.25, 0.3) is 0 Å². The van der Waals surface area contributed by atoms with E-state index in [1.807, 2.05) is 10.2 Å². The lowest BCUT2D eigenvalue weighted by Gasteiger charge is -1.95. The molecule has 0 bridgehead atoms. The van der Waals surface area contributed by atoms with Gasteiger partial charge in [-0.15, -0.1) is 0 Å². The first-order chi connectivity index (χ1) is 5.65. The number of ether oxygens (including phenoxy) is 1. The van der Waals surface area contributed by atoms with E-state index < -0.39 is 17.3 Å². The summed E-state index contributed by atoms with van der Waals surface area (Å²) in [6, 6.07) is 0. The molecule has 0 saturated carbocycles. The fourth-order valence-corrected chi connectivity index (χ4v) is 0.671. The molecule has 1 rings (SSSR count). The van der Waals surface area contributed by atoms with Gasteiger partial charge in [0, 0.05) is 0 Å². The Bertz CT molecular complexity index is 356. The molecule has 1 aromatic rings. The summed E-state index contributed by atoms with van der Waals surface area (Å²) in [5.41, 5.74) is -1.32. The predicted molar refractivity (Wildman–Crippen MR) is 37.7 cm³/mol. The molecule has 0 aromatic carbocycles. The molecule has 7 heteroatoms. The highest BCUT2D eigenvalue weighted by molar-refractivity contribution is 5.68. The number of aromatic nitrogens is 3. The van der Waals surface area contributed by atoms with Crippen LogP contribution >= 0.6 is 0 Å². The number of aromatic amines is 2. The fraction of sp³-hybridized carbons (Fsp3) is 0.400. The van der Waals surface area contributed by atoms with Gasteiger partial charge < -0.3 is 4.74 Å². The largest absolute Gasteiger partial charge is 0.468 e. The second kappa shape index (κ2) is 3.07. The number of nitrogens with one attached hydrogen (secondary N) is 2. The predicted octanol–water partition coefficient (Wildman–Crippen LogP) is -1.96. The summed E-state index contributed by atoms with van der Waals surface area (Å²) in [7, 11) is 1.17. The van der Waals surface area contributed by atoms with Crippen LogP contribution in [-0.2, 0) is 16.1 Å². The summed E-state index contributed by atoms with van der Waals surface area (Å²) in [6.07, 6.45) is 0.